The van der Waals surface area contributed by atoms with Crippen LogP contribution in [-0.4, -0.2) is 5.91 Å². The van der Waals surface area contributed by atoms with E-state index < -0.39 is 0 Å². The molecule has 2 N–H and O–H groups in total. The topological polar surface area (TPSA) is 41.1 Å². The van der Waals surface area contributed by atoms with Gasteiger partial charge in [0.1, 0.15) is 5.82 Å². The van der Waals surface area contributed by atoms with Gasteiger partial charge >= 0.3 is 0 Å². The van der Waals surface area contributed by atoms with Crippen LogP contribution in [0, 0.1) is 0 Å². The Kier molecular flexibility index (Phi) is 6.18. The minimum atomic E-state index is -0.177. The van der Waals surface area contributed by atoms with Crippen LogP contribution in [0.5, 0.6) is 0 Å². The van der Waals surface area contributed by atoms with E-state index in [1.54, 1.807) is 0 Å². The minimum Gasteiger partial charge on any atom is -0.342 e. The first-order chi connectivity index (χ1) is 13.8. The minimum absolute atomic E-state index is 0.0623. The van der Waals surface area contributed by atoms with Crippen molar-refractivity contribution in [3.63, 3.8) is 0 Å². The second-order valence-corrected chi connectivity index (χ2v) is 8.24. The average molecular weight is 385 g/mol. The van der Waals surface area contributed by atoms with Crippen molar-refractivity contribution in [2.24, 2.45) is 0 Å². The molecule has 29 heavy (non-hydrogen) atoms. The maximum absolute atomic E-state index is 12.5. The summed E-state index contributed by atoms with van der Waals surface area (Å²) in [6.45, 7) is 10.4. The first-order valence-corrected chi connectivity index (χ1v) is 9.82. The van der Waals surface area contributed by atoms with E-state index in [-0.39, 0.29) is 11.3 Å². The summed E-state index contributed by atoms with van der Waals surface area (Å²) in [6, 6.07) is 26.2. The molecule has 0 saturated carbocycles. The van der Waals surface area contributed by atoms with Crippen LogP contribution in [0.4, 0.5) is 5.69 Å². The molecule has 0 radical (unpaired) electrons. The first-order valence-electron chi connectivity index (χ1n) is 9.82. The molecule has 0 aliphatic heterocycles. The highest BCUT2D eigenvalue weighted by Crippen LogP contribution is 2.22. The molecule has 0 atom stereocenters. The van der Waals surface area contributed by atoms with Crippen LogP contribution in [0.3, 0.4) is 0 Å². The van der Waals surface area contributed by atoms with Crippen molar-refractivity contribution in [1.29, 1.82) is 0 Å². The van der Waals surface area contributed by atoms with Gasteiger partial charge in [0.15, 0.2) is 0 Å². The van der Waals surface area contributed by atoms with E-state index in [0.29, 0.717) is 11.4 Å². The number of nitrogens with one attached hydrogen (secondary N) is 2. The van der Waals surface area contributed by atoms with Crippen molar-refractivity contribution in [3.05, 3.63) is 114 Å². The molecule has 148 valence electrons. The molecule has 0 bridgehead atoms. The summed E-state index contributed by atoms with van der Waals surface area (Å²) in [4.78, 5) is 12.5. The van der Waals surface area contributed by atoms with Gasteiger partial charge in [-0.15, -0.1) is 0 Å². The maximum Gasteiger partial charge on any atom is 0.256 e. The molecule has 0 heterocycles. The number of hydrogen-bond acceptors (Lipinski definition) is 2. The van der Waals surface area contributed by atoms with Gasteiger partial charge in [-0.3, -0.25) is 4.79 Å². The maximum atomic E-state index is 12.5. The third-order valence-electron chi connectivity index (χ3n) is 4.78. The van der Waals surface area contributed by atoms with Crippen LogP contribution in [-0.2, 0) is 11.8 Å². The lowest BCUT2D eigenvalue weighted by molar-refractivity contribution is 0.0966. The second-order valence-electron chi connectivity index (χ2n) is 8.24. The second kappa shape index (κ2) is 8.78. The zero-order valence-corrected chi connectivity index (χ0v) is 17.3. The van der Waals surface area contributed by atoms with E-state index in [2.05, 4.69) is 74.4 Å². The van der Waals surface area contributed by atoms with Crippen LogP contribution in [0.25, 0.3) is 0 Å². The van der Waals surface area contributed by atoms with E-state index in [1.807, 2.05) is 42.5 Å². The van der Waals surface area contributed by atoms with Crippen LogP contribution in [0.1, 0.15) is 47.8 Å². The molecule has 1 amide bonds. The van der Waals surface area contributed by atoms with Gasteiger partial charge in [0.2, 0.25) is 0 Å². The first kappa shape index (κ1) is 20.4. The van der Waals surface area contributed by atoms with E-state index in [1.165, 1.54) is 16.7 Å². The summed E-state index contributed by atoms with van der Waals surface area (Å²) in [6.07, 6.45) is 0.892. The Balaban J connectivity index is 1.55. The Morgan fingerprint density at radius 3 is 2.00 bits per heavy atom. The van der Waals surface area contributed by atoms with Gasteiger partial charge in [0, 0.05) is 11.3 Å². The molecule has 0 fully saturated rings. The number of rotatable bonds is 6. The molecular formula is C26H28N2O. The summed E-state index contributed by atoms with van der Waals surface area (Å²) in [5.41, 5.74) is 5.26. The Labute approximate surface area is 173 Å². The van der Waals surface area contributed by atoms with Gasteiger partial charge in [-0.05, 0) is 52.8 Å². The predicted molar refractivity (Wildman–Crippen MR) is 121 cm³/mol. The SMILES string of the molecule is C=C(NC(=O)c1ccc(C(C)(C)C)cc1)Nc1ccc(Cc2ccccc2)cc1. The lowest BCUT2D eigenvalue weighted by Crippen LogP contribution is -2.26. The van der Waals surface area contributed by atoms with Gasteiger partial charge in [-0.2, -0.15) is 0 Å². The van der Waals surface area contributed by atoms with E-state index >= 15 is 0 Å². The quantitative estimate of drug-likeness (QED) is 0.556. The Morgan fingerprint density at radius 2 is 1.41 bits per heavy atom. The Bertz CT molecular complexity index is 966. The molecule has 3 nitrogen and oxygen atoms in total. The molecule has 3 heteroatoms. The van der Waals surface area contributed by atoms with Crippen molar-refractivity contribution < 1.29 is 4.79 Å². The van der Waals surface area contributed by atoms with Gasteiger partial charge in [-0.25, -0.2) is 0 Å². The van der Waals surface area contributed by atoms with E-state index in [9.17, 15) is 4.79 Å². The summed E-state index contributed by atoms with van der Waals surface area (Å²) in [5, 5.41) is 5.96. The smallest absolute Gasteiger partial charge is 0.256 e. The fourth-order valence-corrected chi connectivity index (χ4v) is 3.07. The van der Waals surface area contributed by atoms with Gasteiger partial charge in [-0.1, -0.05) is 81.9 Å². The summed E-state index contributed by atoms with van der Waals surface area (Å²) < 4.78 is 0. The summed E-state index contributed by atoms with van der Waals surface area (Å²) in [7, 11) is 0. The molecule has 0 saturated heterocycles. The monoisotopic (exact) mass is 384 g/mol. The fourth-order valence-electron chi connectivity index (χ4n) is 3.07. The number of carbonyl (C=O) groups excluding carboxylic acids is 1. The average Bonchev–Trinajstić information content (AvgIpc) is 2.69. The Morgan fingerprint density at radius 1 is 0.828 bits per heavy atom. The highest BCUT2D eigenvalue weighted by Gasteiger charge is 2.14. The number of benzene rings is 3. The molecule has 0 aromatic heterocycles. The summed E-state index contributed by atoms with van der Waals surface area (Å²) >= 11 is 0. The molecule has 3 aromatic carbocycles. The van der Waals surface area contributed by atoms with Crippen molar-refractivity contribution in [2.45, 2.75) is 32.6 Å². The lowest BCUT2D eigenvalue weighted by atomic mass is 9.87. The number of carbonyl (C=O) groups is 1. The van der Waals surface area contributed by atoms with Crippen LogP contribution in [0.2, 0.25) is 0 Å². The lowest BCUT2D eigenvalue weighted by Gasteiger charge is -2.19. The van der Waals surface area contributed by atoms with Crippen molar-refractivity contribution >= 4 is 11.6 Å². The highest BCUT2D eigenvalue weighted by molar-refractivity contribution is 5.95. The number of anilines is 1. The van der Waals surface area contributed by atoms with E-state index in [4.69, 9.17) is 0 Å². The molecule has 0 aliphatic carbocycles. The molecule has 0 aliphatic rings. The normalized spacial score (nSPS) is 11.0. The number of amides is 1. The van der Waals surface area contributed by atoms with Crippen molar-refractivity contribution in [3.8, 4) is 0 Å². The van der Waals surface area contributed by atoms with Crippen molar-refractivity contribution in [1.82, 2.24) is 5.32 Å². The van der Waals surface area contributed by atoms with Crippen LogP contribution >= 0.6 is 0 Å². The largest absolute Gasteiger partial charge is 0.342 e. The van der Waals surface area contributed by atoms with Gasteiger partial charge in [0.05, 0.1) is 0 Å². The van der Waals surface area contributed by atoms with Gasteiger partial charge in [0.25, 0.3) is 5.91 Å². The zero-order chi connectivity index (χ0) is 20.9. The number of hydrogen-bond donors (Lipinski definition) is 2. The Hall–Kier alpha value is -3.33. The molecule has 0 spiro atoms. The molecular weight excluding hydrogens is 356 g/mol. The molecule has 0 unspecified atom stereocenters. The highest BCUT2D eigenvalue weighted by atomic mass is 16.1. The van der Waals surface area contributed by atoms with Crippen LogP contribution < -0.4 is 10.6 Å². The summed E-state index contributed by atoms with van der Waals surface area (Å²) in [5.74, 6) is 0.273. The standard InChI is InChI=1S/C26H28N2O/c1-19(28-25(29)22-12-14-23(15-13-22)26(2,3)4)27-24-16-10-21(11-17-24)18-20-8-6-5-7-9-20/h5-17,27H,1,18H2,2-4H3,(H,28,29). The third kappa shape index (κ3) is 5.82. The predicted octanol–water partition coefficient (Wildman–Crippen LogP) is 5.89. The van der Waals surface area contributed by atoms with Gasteiger partial charge < -0.3 is 10.6 Å². The zero-order valence-electron chi connectivity index (χ0n) is 17.3. The fraction of sp³-hybridized carbons (Fsp3) is 0.192. The molecule has 3 aromatic rings. The van der Waals surface area contributed by atoms with E-state index in [0.717, 1.165) is 12.1 Å². The van der Waals surface area contributed by atoms with Crippen molar-refractivity contribution in [2.75, 3.05) is 5.32 Å². The third-order valence-corrected chi connectivity index (χ3v) is 4.78. The molecule has 3 rings (SSSR count). The van der Waals surface area contributed by atoms with Crippen LogP contribution in [0.15, 0.2) is 91.3 Å².